The van der Waals surface area contributed by atoms with Gasteiger partial charge in [-0.3, -0.25) is 29.8 Å². The molecule has 0 heterocycles. The van der Waals surface area contributed by atoms with E-state index < -0.39 is 43.4 Å². The Labute approximate surface area is 194 Å². The number of nitro groups is 2. The maximum Gasteiger partial charge on any atom is 0.351 e. The summed E-state index contributed by atoms with van der Waals surface area (Å²) in [5, 5.41) is 23.7. The van der Waals surface area contributed by atoms with Gasteiger partial charge in [-0.05, 0) is 55.4 Å². The molecule has 0 fully saturated rings. The number of nitrogens with zero attached hydrogens (tertiary/aromatic N) is 4. The Morgan fingerprint density at radius 3 is 1.03 bits per heavy atom. The van der Waals surface area contributed by atoms with Crippen molar-refractivity contribution in [1.82, 2.24) is 9.80 Å². The Kier molecular flexibility index (Phi) is 10.4. The SMILES string of the molecule is CC(C)N(C(=O)C(Br)(CCC(Br)(C(=O)N(C(C)C)C(C)C)[N+](=O)[O-])[N+](=O)[O-])C(C)C. The van der Waals surface area contributed by atoms with Crippen molar-refractivity contribution in [1.29, 1.82) is 0 Å². The lowest BCUT2D eigenvalue weighted by Gasteiger charge is -2.36. The molecule has 0 N–H and O–H groups in total. The third kappa shape index (κ3) is 6.12. The number of alkyl halides is 2. The lowest BCUT2D eigenvalue weighted by atomic mass is 10.0. The minimum atomic E-state index is -2.29. The Morgan fingerprint density at radius 1 is 0.700 bits per heavy atom. The molecule has 2 atom stereocenters. The van der Waals surface area contributed by atoms with Crippen LogP contribution in [0, 0.1) is 20.2 Å². The quantitative estimate of drug-likeness (QED) is 0.164. The number of carbonyl (C=O) groups excluding carboxylic acids is 2. The average molecular weight is 560 g/mol. The van der Waals surface area contributed by atoms with Crippen LogP contribution in [-0.4, -0.2) is 64.5 Å². The second-order valence-electron chi connectivity index (χ2n) is 8.33. The average Bonchev–Trinajstić information content (AvgIpc) is 2.57. The molecular weight excluding hydrogens is 528 g/mol. The highest BCUT2D eigenvalue weighted by atomic mass is 79.9. The van der Waals surface area contributed by atoms with Gasteiger partial charge in [-0.2, -0.15) is 0 Å². The molecule has 0 aromatic heterocycles. The number of halogens is 2. The van der Waals surface area contributed by atoms with Crippen molar-refractivity contribution in [3.8, 4) is 0 Å². The van der Waals surface area contributed by atoms with E-state index in [1.54, 1.807) is 55.4 Å². The summed E-state index contributed by atoms with van der Waals surface area (Å²) in [4.78, 5) is 50.9. The molecule has 0 aliphatic carbocycles. The van der Waals surface area contributed by atoms with E-state index in [9.17, 15) is 29.8 Å². The van der Waals surface area contributed by atoms with Crippen molar-refractivity contribution in [3.05, 3.63) is 20.2 Å². The normalized spacial score (nSPS) is 15.8. The number of hydrogen-bond donors (Lipinski definition) is 0. The standard InChI is InChI=1S/C18H32Br2N4O6/c1-11(2)21(12(3)4)15(25)17(19,23(27)28)9-10-18(20,24(29)30)16(26)22(13(5)6)14(7)8/h11-14H,9-10H2,1-8H3. The molecule has 0 aromatic carbocycles. The van der Waals surface area contributed by atoms with E-state index >= 15 is 0 Å². The smallest absolute Gasteiger partial charge is 0.331 e. The maximum atomic E-state index is 13.1. The van der Waals surface area contributed by atoms with E-state index in [1.165, 1.54) is 9.80 Å². The van der Waals surface area contributed by atoms with Crippen LogP contribution < -0.4 is 0 Å². The first-order valence-corrected chi connectivity index (χ1v) is 11.4. The van der Waals surface area contributed by atoms with Gasteiger partial charge in [0, 0.05) is 78.7 Å². The molecule has 2 amide bonds. The van der Waals surface area contributed by atoms with E-state index in [1.807, 2.05) is 0 Å². The van der Waals surface area contributed by atoms with Crippen LogP contribution in [-0.2, 0) is 9.59 Å². The number of carbonyl (C=O) groups is 2. The van der Waals surface area contributed by atoms with Crippen LogP contribution in [0.2, 0.25) is 0 Å². The fourth-order valence-corrected chi connectivity index (χ4v) is 4.22. The Morgan fingerprint density at radius 2 is 0.900 bits per heavy atom. The fourth-order valence-electron chi connectivity index (χ4n) is 3.41. The second kappa shape index (κ2) is 10.8. The predicted octanol–water partition coefficient (Wildman–Crippen LogP) is 3.79. The van der Waals surface area contributed by atoms with Gasteiger partial charge in [0.2, 0.25) is 0 Å². The van der Waals surface area contributed by atoms with Crippen molar-refractivity contribution in [2.24, 2.45) is 0 Å². The lowest BCUT2D eigenvalue weighted by molar-refractivity contribution is -0.536. The lowest BCUT2D eigenvalue weighted by Crippen LogP contribution is -2.57. The van der Waals surface area contributed by atoms with Crippen LogP contribution in [0.25, 0.3) is 0 Å². The minimum absolute atomic E-state index is 0.322. The first-order chi connectivity index (χ1) is 13.4. The highest BCUT2D eigenvalue weighted by Gasteiger charge is 2.58. The van der Waals surface area contributed by atoms with Gasteiger partial charge in [0.15, 0.2) is 0 Å². The molecule has 12 heteroatoms. The first-order valence-electron chi connectivity index (χ1n) is 9.77. The van der Waals surface area contributed by atoms with E-state index in [-0.39, 0.29) is 24.2 Å². The summed E-state index contributed by atoms with van der Waals surface area (Å²) in [6.45, 7) is 13.8. The largest absolute Gasteiger partial charge is 0.351 e. The van der Waals surface area contributed by atoms with Crippen LogP contribution in [0.4, 0.5) is 0 Å². The molecule has 0 aliphatic heterocycles. The molecule has 0 saturated carbocycles. The van der Waals surface area contributed by atoms with Gasteiger partial charge in [0.1, 0.15) is 0 Å². The summed E-state index contributed by atoms with van der Waals surface area (Å²) in [5.41, 5.74) is 0. The third-order valence-electron chi connectivity index (χ3n) is 4.72. The minimum Gasteiger partial charge on any atom is -0.331 e. The monoisotopic (exact) mass is 558 g/mol. The summed E-state index contributed by atoms with van der Waals surface area (Å²) in [6.07, 6.45) is -1.12. The molecule has 0 radical (unpaired) electrons. The molecule has 0 aromatic rings. The van der Waals surface area contributed by atoms with E-state index in [0.29, 0.717) is 0 Å². The van der Waals surface area contributed by atoms with E-state index in [2.05, 4.69) is 31.9 Å². The summed E-state index contributed by atoms with van der Waals surface area (Å²) >= 11 is 5.88. The van der Waals surface area contributed by atoms with Crippen molar-refractivity contribution in [2.45, 2.75) is 101 Å². The molecule has 2 unspecified atom stereocenters. The van der Waals surface area contributed by atoms with Crippen LogP contribution >= 0.6 is 31.9 Å². The first kappa shape index (κ1) is 28.7. The van der Waals surface area contributed by atoms with Crippen LogP contribution in [0.1, 0.15) is 68.2 Å². The van der Waals surface area contributed by atoms with Gasteiger partial charge < -0.3 is 9.80 Å². The fraction of sp³-hybridized carbons (Fsp3) is 0.889. The summed E-state index contributed by atoms with van der Waals surface area (Å²) in [7, 11) is 0. The summed E-state index contributed by atoms with van der Waals surface area (Å²) in [5.74, 6) is -1.62. The summed E-state index contributed by atoms with van der Waals surface area (Å²) in [6, 6.07) is -1.29. The molecule has 0 bridgehead atoms. The molecular formula is C18H32Br2N4O6. The molecule has 174 valence electrons. The van der Waals surface area contributed by atoms with Crippen molar-refractivity contribution >= 4 is 43.7 Å². The highest BCUT2D eigenvalue weighted by molar-refractivity contribution is 9.10. The molecule has 0 aliphatic rings. The van der Waals surface area contributed by atoms with Gasteiger partial charge >= 0.3 is 20.7 Å². The topological polar surface area (TPSA) is 127 Å². The highest BCUT2D eigenvalue weighted by Crippen LogP contribution is 2.37. The van der Waals surface area contributed by atoms with Crippen molar-refractivity contribution in [2.75, 3.05) is 0 Å². The Balaban J connectivity index is 6.10. The second-order valence-corrected chi connectivity index (χ2v) is 11.0. The maximum absolute atomic E-state index is 13.1. The van der Waals surface area contributed by atoms with E-state index in [0.717, 1.165) is 0 Å². The molecule has 0 saturated heterocycles. The number of amides is 2. The van der Waals surface area contributed by atoms with Gasteiger partial charge in [-0.1, -0.05) is 0 Å². The third-order valence-corrected chi connectivity index (χ3v) is 6.77. The summed E-state index contributed by atoms with van der Waals surface area (Å²) < 4.78 is -4.59. The predicted molar refractivity (Wildman–Crippen MR) is 121 cm³/mol. The van der Waals surface area contributed by atoms with E-state index in [4.69, 9.17) is 0 Å². The van der Waals surface area contributed by atoms with Crippen LogP contribution in [0.15, 0.2) is 0 Å². The van der Waals surface area contributed by atoms with Gasteiger partial charge in [-0.15, -0.1) is 0 Å². The number of hydrogen-bond acceptors (Lipinski definition) is 6. The Hall–Kier alpha value is -1.30. The van der Waals surface area contributed by atoms with Gasteiger partial charge in [0.25, 0.3) is 0 Å². The zero-order valence-corrected chi connectivity index (χ0v) is 21.9. The zero-order valence-electron chi connectivity index (χ0n) is 18.7. The van der Waals surface area contributed by atoms with Gasteiger partial charge in [0.05, 0.1) is 0 Å². The van der Waals surface area contributed by atoms with Crippen LogP contribution in [0.5, 0.6) is 0 Å². The molecule has 0 rings (SSSR count). The zero-order chi connectivity index (χ0) is 24.2. The molecule has 10 nitrogen and oxygen atoms in total. The molecule has 30 heavy (non-hydrogen) atoms. The van der Waals surface area contributed by atoms with Crippen molar-refractivity contribution < 1.29 is 19.4 Å². The molecule has 0 spiro atoms. The van der Waals surface area contributed by atoms with Crippen LogP contribution in [0.3, 0.4) is 0 Å². The van der Waals surface area contributed by atoms with Gasteiger partial charge in [-0.25, -0.2) is 0 Å². The number of rotatable bonds is 11. The Bertz CT molecular complexity index is 601. The van der Waals surface area contributed by atoms with Crippen molar-refractivity contribution in [3.63, 3.8) is 0 Å².